The summed E-state index contributed by atoms with van der Waals surface area (Å²) in [5, 5.41) is 6.00. The number of thiophene rings is 1. The molecule has 3 aromatic rings. The molecule has 5 heteroatoms. The third-order valence-electron chi connectivity index (χ3n) is 3.89. The molecule has 0 atom stereocenters. The molecule has 174 valence electrons. The number of aromatic nitrogens is 1. The van der Waals surface area contributed by atoms with E-state index in [-0.39, 0.29) is 5.91 Å². The minimum atomic E-state index is -0.218. The second kappa shape index (κ2) is 18.1. The number of amides is 1. The zero-order valence-electron chi connectivity index (χ0n) is 19.9. The summed E-state index contributed by atoms with van der Waals surface area (Å²) in [5.74, 6) is -0.218. The number of rotatable bonds is 4. The molecule has 0 aliphatic heterocycles. The predicted molar refractivity (Wildman–Crippen MR) is 148 cm³/mol. The number of nitrogens with one attached hydrogen (secondary N) is 1. The Morgan fingerprint density at radius 1 is 0.861 bits per heavy atom. The molecule has 0 unspecified atom stereocenters. The van der Waals surface area contributed by atoms with Gasteiger partial charge in [-0.05, 0) is 121 Å². The van der Waals surface area contributed by atoms with E-state index in [9.17, 15) is 4.79 Å². The Morgan fingerprint density at radius 3 is 1.89 bits per heavy atom. The maximum atomic E-state index is 12.0. The number of hydrogen-bond donors (Lipinski definition) is 1. The number of carbonyl (C=O) groups is 1. The Hall–Kier alpha value is -5.38. The van der Waals surface area contributed by atoms with E-state index in [1.54, 1.807) is 29.7 Å². The van der Waals surface area contributed by atoms with E-state index in [4.69, 9.17) is 0 Å². The number of hydrazone groups is 1. The Balaban J connectivity index is 0.000000385. The molecule has 0 aliphatic rings. The molecular formula is C31H23N3OS. The van der Waals surface area contributed by atoms with Crippen LogP contribution in [0.15, 0.2) is 149 Å². The van der Waals surface area contributed by atoms with Crippen LogP contribution in [0.5, 0.6) is 0 Å². The SMILES string of the molecule is C=C=C=C=C.C=C=C=C=C=C=C=C=C.Cc1ccsc1/C=N/NC(=O)c1ccc(-n2cccc2)cc1. The third kappa shape index (κ3) is 11.5. The molecule has 0 saturated heterocycles. The maximum absolute atomic E-state index is 12.0. The normalized spacial score (nSPS) is 8.03. The maximum Gasteiger partial charge on any atom is 0.271 e. The van der Waals surface area contributed by atoms with Crippen molar-refractivity contribution in [2.45, 2.75) is 6.92 Å². The van der Waals surface area contributed by atoms with Crippen LogP contribution in [0, 0.1) is 6.92 Å². The molecule has 1 N–H and O–H groups in total. The summed E-state index contributed by atoms with van der Waals surface area (Å²) in [6.45, 7) is 15.0. The molecule has 4 nitrogen and oxygen atoms in total. The van der Waals surface area contributed by atoms with Gasteiger partial charge in [0.1, 0.15) is 0 Å². The van der Waals surface area contributed by atoms with Crippen LogP contribution >= 0.6 is 11.3 Å². The van der Waals surface area contributed by atoms with Gasteiger partial charge in [0.05, 0.1) is 6.21 Å². The van der Waals surface area contributed by atoms with Gasteiger partial charge in [0.25, 0.3) is 5.91 Å². The topological polar surface area (TPSA) is 46.4 Å². The first-order valence-corrected chi connectivity index (χ1v) is 11.1. The summed E-state index contributed by atoms with van der Waals surface area (Å²) in [6, 6.07) is 13.3. The van der Waals surface area contributed by atoms with Crippen molar-refractivity contribution in [1.82, 2.24) is 9.99 Å². The van der Waals surface area contributed by atoms with Crippen molar-refractivity contribution in [2.24, 2.45) is 5.10 Å². The number of aryl methyl sites for hydroxylation is 1. The Morgan fingerprint density at radius 2 is 1.42 bits per heavy atom. The smallest absolute Gasteiger partial charge is 0.271 e. The summed E-state index contributed by atoms with van der Waals surface area (Å²) in [6.07, 6.45) is 5.59. The van der Waals surface area contributed by atoms with Crippen molar-refractivity contribution < 1.29 is 4.79 Å². The summed E-state index contributed by atoms with van der Waals surface area (Å²) in [7, 11) is 0. The lowest BCUT2D eigenvalue weighted by molar-refractivity contribution is 0.0955. The van der Waals surface area contributed by atoms with E-state index in [1.165, 1.54) is 0 Å². The van der Waals surface area contributed by atoms with Gasteiger partial charge in [0.2, 0.25) is 0 Å². The van der Waals surface area contributed by atoms with Crippen LogP contribution in [0.2, 0.25) is 0 Å². The molecule has 0 bridgehead atoms. The van der Waals surface area contributed by atoms with Gasteiger partial charge >= 0.3 is 0 Å². The number of carbonyl (C=O) groups excluding carboxylic acids is 1. The Bertz CT molecular complexity index is 1500. The van der Waals surface area contributed by atoms with E-state index in [0.29, 0.717) is 5.56 Å². The first-order chi connectivity index (χ1) is 17.6. The highest BCUT2D eigenvalue weighted by atomic mass is 32.1. The van der Waals surface area contributed by atoms with Gasteiger partial charge in [0, 0.05) is 28.5 Å². The van der Waals surface area contributed by atoms with E-state index in [2.05, 4.69) is 94.2 Å². The van der Waals surface area contributed by atoms with Gasteiger partial charge in [-0.3, -0.25) is 4.79 Å². The fraction of sp³-hybridized carbons (Fsp3) is 0.0323. The summed E-state index contributed by atoms with van der Waals surface area (Å²) in [4.78, 5) is 13.1. The molecule has 1 aromatic carbocycles. The van der Waals surface area contributed by atoms with E-state index in [1.807, 2.05) is 59.6 Å². The number of nitrogens with zero attached hydrogens (tertiary/aromatic N) is 2. The van der Waals surface area contributed by atoms with Crippen molar-refractivity contribution in [3.05, 3.63) is 160 Å². The van der Waals surface area contributed by atoms with Gasteiger partial charge in [0.15, 0.2) is 0 Å². The second-order valence-electron chi connectivity index (χ2n) is 6.26. The van der Waals surface area contributed by atoms with Crippen LogP contribution in [0.25, 0.3) is 5.69 Å². The standard InChI is InChI=1S/C17H15N3OS.C9H4.C5H4/c1-13-8-11-22-16(13)12-18-19-17(21)14-4-6-15(7-5-14)20-9-2-3-10-20;1-3-5-7-9-8-6-4-2;1-3-5-4-2/h2-12H,1H3,(H,19,21);1-2H2;1-2H2/b18-12+;;. The molecule has 0 radical (unpaired) electrons. The quantitative estimate of drug-likeness (QED) is 0.248. The monoisotopic (exact) mass is 485 g/mol. The summed E-state index contributed by atoms with van der Waals surface area (Å²) < 4.78 is 1.99. The lowest BCUT2D eigenvalue weighted by Crippen LogP contribution is -2.17. The van der Waals surface area contributed by atoms with Crippen LogP contribution in [-0.4, -0.2) is 16.7 Å². The first kappa shape index (κ1) is 28.7. The van der Waals surface area contributed by atoms with Crippen molar-refractivity contribution in [2.75, 3.05) is 0 Å². The van der Waals surface area contributed by atoms with Crippen molar-refractivity contribution in [1.29, 1.82) is 0 Å². The molecule has 2 heterocycles. The second-order valence-corrected chi connectivity index (χ2v) is 7.21. The summed E-state index contributed by atoms with van der Waals surface area (Å²) >= 11 is 1.59. The van der Waals surface area contributed by atoms with Crippen LogP contribution in [0.1, 0.15) is 20.8 Å². The van der Waals surface area contributed by atoms with Gasteiger partial charge in [-0.2, -0.15) is 5.10 Å². The highest BCUT2D eigenvalue weighted by Gasteiger charge is 2.04. The lowest BCUT2D eigenvalue weighted by Gasteiger charge is -2.04. The van der Waals surface area contributed by atoms with Crippen molar-refractivity contribution >= 4 is 23.5 Å². The van der Waals surface area contributed by atoms with Crippen molar-refractivity contribution in [3.8, 4) is 5.69 Å². The van der Waals surface area contributed by atoms with Crippen LogP contribution < -0.4 is 5.43 Å². The molecular weight excluding hydrogens is 462 g/mol. The predicted octanol–water partition coefficient (Wildman–Crippen LogP) is 6.77. The Kier molecular flexibility index (Phi) is 14.4. The van der Waals surface area contributed by atoms with Crippen LogP contribution in [-0.2, 0) is 0 Å². The fourth-order valence-electron chi connectivity index (χ4n) is 2.27. The highest BCUT2D eigenvalue weighted by molar-refractivity contribution is 7.11. The molecule has 0 saturated carbocycles. The molecule has 0 spiro atoms. The molecule has 36 heavy (non-hydrogen) atoms. The van der Waals surface area contributed by atoms with Gasteiger partial charge in [-0.1, -0.05) is 22.9 Å². The number of benzene rings is 1. The molecule has 3 rings (SSSR count). The van der Waals surface area contributed by atoms with Crippen LogP contribution in [0.3, 0.4) is 0 Å². The average Bonchev–Trinajstić information content (AvgIpc) is 3.58. The van der Waals surface area contributed by atoms with Gasteiger partial charge in [-0.25, -0.2) is 5.43 Å². The van der Waals surface area contributed by atoms with Gasteiger partial charge in [-0.15, -0.1) is 11.3 Å². The largest absolute Gasteiger partial charge is 0.324 e. The fourth-order valence-corrected chi connectivity index (χ4v) is 3.05. The zero-order valence-corrected chi connectivity index (χ0v) is 20.7. The minimum Gasteiger partial charge on any atom is -0.324 e. The van der Waals surface area contributed by atoms with E-state index in [0.717, 1.165) is 16.1 Å². The molecule has 0 aliphatic carbocycles. The average molecular weight is 486 g/mol. The first-order valence-electron chi connectivity index (χ1n) is 10.3. The highest BCUT2D eigenvalue weighted by Crippen LogP contribution is 2.12. The van der Waals surface area contributed by atoms with E-state index < -0.39 is 0 Å². The van der Waals surface area contributed by atoms with Crippen LogP contribution in [0.4, 0.5) is 0 Å². The van der Waals surface area contributed by atoms with Crippen molar-refractivity contribution in [3.63, 3.8) is 0 Å². The number of hydrogen-bond acceptors (Lipinski definition) is 3. The molecule has 1 amide bonds. The zero-order chi connectivity index (χ0) is 26.4. The van der Waals surface area contributed by atoms with E-state index >= 15 is 0 Å². The molecule has 0 fully saturated rings. The van der Waals surface area contributed by atoms with Gasteiger partial charge < -0.3 is 4.57 Å². The summed E-state index contributed by atoms with van der Waals surface area (Å²) in [5.41, 5.74) is 29.3. The third-order valence-corrected chi connectivity index (χ3v) is 4.84. The molecule has 2 aromatic heterocycles. The minimum absolute atomic E-state index is 0.218. The Labute approximate surface area is 215 Å². The lowest BCUT2D eigenvalue weighted by atomic mass is 10.2.